The third-order valence-electron chi connectivity index (χ3n) is 3.15. The lowest BCUT2D eigenvalue weighted by Crippen LogP contribution is -1.99. The lowest BCUT2D eigenvalue weighted by atomic mass is 10.0. The van der Waals surface area contributed by atoms with Crippen LogP contribution in [-0.2, 0) is 6.42 Å². The number of hydrogen-bond donors (Lipinski definition) is 1. The van der Waals surface area contributed by atoms with Gasteiger partial charge in [0, 0.05) is 13.0 Å². The third-order valence-corrected chi connectivity index (χ3v) is 3.15. The minimum absolute atomic E-state index is 0.152. The van der Waals surface area contributed by atoms with E-state index in [-0.39, 0.29) is 13.2 Å². The fraction of sp³-hybridized carbons (Fsp3) is 0.263. The topological polar surface area (TPSA) is 38.7 Å². The number of benzene rings is 2. The maximum absolute atomic E-state index is 8.72. The van der Waals surface area contributed by atoms with Crippen molar-refractivity contribution in [3.05, 3.63) is 59.7 Å². The molecular weight excluding hydrogens is 276 g/mol. The highest BCUT2D eigenvalue weighted by molar-refractivity contribution is 5.34. The molecule has 2 rings (SSSR count). The van der Waals surface area contributed by atoms with Crippen LogP contribution in [0.5, 0.6) is 11.5 Å². The SMILES string of the molecule is C#CCOc1ccc(Cc2ccc(OCCCO)cc2)cc1. The van der Waals surface area contributed by atoms with Gasteiger partial charge in [0.1, 0.15) is 18.1 Å². The molecule has 0 saturated carbocycles. The van der Waals surface area contributed by atoms with Crippen LogP contribution in [0.2, 0.25) is 0 Å². The van der Waals surface area contributed by atoms with Crippen molar-refractivity contribution in [2.75, 3.05) is 19.8 Å². The molecule has 0 fully saturated rings. The molecule has 22 heavy (non-hydrogen) atoms. The molecule has 0 heterocycles. The van der Waals surface area contributed by atoms with Gasteiger partial charge >= 0.3 is 0 Å². The van der Waals surface area contributed by atoms with E-state index >= 15 is 0 Å². The van der Waals surface area contributed by atoms with Gasteiger partial charge in [-0.15, -0.1) is 6.42 Å². The molecule has 0 aromatic heterocycles. The molecule has 2 aromatic carbocycles. The van der Waals surface area contributed by atoms with Crippen molar-refractivity contribution < 1.29 is 14.6 Å². The first kappa shape index (κ1) is 15.9. The van der Waals surface area contributed by atoms with Gasteiger partial charge in [-0.05, 0) is 41.8 Å². The van der Waals surface area contributed by atoms with Crippen LogP contribution in [0.3, 0.4) is 0 Å². The minimum atomic E-state index is 0.152. The van der Waals surface area contributed by atoms with E-state index in [0.29, 0.717) is 13.0 Å². The smallest absolute Gasteiger partial charge is 0.148 e. The fourth-order valence-corrected chi connectivity index (χ4v) is 2.02. The van der Waals surface area contributed by atoms with Gasteiger partial charge < -0.3 is 14.6 Å². The molecule has 0 radical (unpaired) electrons. The van der Waals surface area contributed by atoms with Gasteiger partial charge in [-0.2, -0.15) is 0 Å². The molecule has 0 unspecified atom stereocenters. The van der Waals surface area contributed by atoms with Crippen LogP contribution in [-0.4, -0.2) is 24.9 Å². The number of rotatable bonds is 8. The lowest BCUT2D eigenvalue weighted by molar-refractivity contribution is 0.233. The highest BCUT2D eigenvalue weighted by atomic mass is 16.5. The van der Waals surface area contributed by atoms with Crippen molar-refractivity contribution in [1.82, 2.24) is 0 Å². The first-order chi connectivity index (χ1) is 10.8. The number of ether oxygens (including phenoxy) is 2. The largest absolute Gasteiger partial charge is 0.494 e. The Labute approximate surface area is 131 Å². The first-order valence-electron chi connectivity index (χ1n) is 7.29. The van der Waals surface area contributed by atoms with Gasteiger partial charge in [-0.1, -0.05) is 30.2 Å². The standard InChI is InChI=1S/C19H20O3/c1-2-13-21-18-8-4-16(5-9-18)15-17-6-10-19(11-7-17)22-14-3-12-20/h1,4-11,20H,3,12-15H2. The molecule has 0 amide bonds. The second kappa shape index (κ2) is 8.76. The van der Waals surface area contributed by atoms with Crippen LogP contribution >= 0.6 is 0 Å². The molecule has 3 nitrogen and oxygen atoms in total. The monoisotopic (exact) mass is 296 g/mol. The zero-order chi connectivity index (χ0) is 15.6. The van der Waals surface area contributed by atoms with Crippen LogP contribution in [0.1, 0.15) is 17.5 Å². The maximum Gasteiger partial charge on any atom is 0.148 e. The second-order valence-electron chi connectivity index (χ2n) is 4.88. The number of hydrogen-bond acceptors (Lipinski definition) is 3. The van der Waals surface area contributed by atoms with E-state index < -0.39 is 0 Å². The third kappa shape index (κ3) is 5.16. The maximum atomic E-state index is 8.72. The molecule has 0 bridgehead atoms. The molecule has 0 aliphatic carbocycles. The summed E-state index contributed by atoms with van der Waals surface area (Å²) in [5, 5.41) is 8.72. The molecule has 0 saturated heterocycles. The van der Waals surface area contributed by atoms with Gasteiger partial charge in [-0.25, -0.2) is 0 Å². The Morgan fingerprint density at radius 1 is 0.864 bits per heavy atom. The number of aliphatic hydroxyl groups excluding tert-OH is 1. The van der Waals surface area contributed by atoms with Crippen molar-refractivity contribution in [3.8, 4) is 23.8 Å². The normalized spacial score (nSPS) is 10.0. The summed E-state index contributed by atoms with van der Waals surface area (Å²) in [7, 11) is 0. The Kier molecular flexibility index (Phi) is 6.35. The van der Waals surface area contributed by atoms with E-state index in [1.54, 1.807) is 0 Å². The highest BCUT2D eigenvalue weighted by Crippen LogP contribution is 2.18. The van der Waals surface area contributed by atoms with Crippen molar-refractivity contribution in [2.24, 2.45) is 0 Å². The summed E-state index contributed by atoms with van der Waals surface area (Å²) >= 11 is 0. The molecule has 2 aromatic rings. The van der Waals surface area contributed by atoms with Gasteiger partial charge in [0.25, 0.3) is 0 Å². The summed E-state index contributed by atoms with van der Waals surface area (Å²) in [5.74, 6) is 4.06. The molecule has 1 N–H and O–H groups in total. The molecule has 0 atom stereocenters. The number of aliphatic hydroxyl groups is 1. The van der Waals surface area contributed by atoms with E-state index in [4.69, 9.17) is 21.0 Å². The van der Waals surface area contributed by atoms with E-state index in [0.717, 1.165) is 17.9 Å². The predicted molar refractivity (Wildman–Crippen MR) is 87.2 cm³/mol. The summed E-state index contributed by atoms with van der Waals surface area (Å²) in [6.45, 7) is 0.977. The van der Waals surface area contributed by atoms with Gasteiger partial charge in [0.05, 0.1) is 6.61 Å². The van der Waals surface area contributed by atoms with Crippen LogP contribution in [0.15, 0.2) is 48.5 Å². The summed E-state index contributed by atoms with van der Waals surface area (Å²) < 4.78 is 10.9. The Hall–Kier alpha value is -2.44. The van der Waals surface area contributed by atoms with Crippen LogP contribution in [0, 0.1) is 12.3 Å². The van der Waals surface area contributed by atoms with Crippen molar-refractivity contribution in [2.45, 2.75) is 12.8 Å². The molecule has 0 spiro atoms. The van der Waals surface area contributed by atoms with Gasteiger partial charge in [-0.3, -0.25) is 0 Å². The second-order valence-corrected chi connectivity index (χ2v) is 4.88. The zero-order valence-corrected chi connectivity index (χ0v) is 12.5. The van der Waals surface area contributed by atoms with Crippen molar-refractivity contribution >= 4 is 0 Å². The first-order valence-corrected chi connectivity index (χ1v) is 7.29. The summed E-state index contributed by atoms with van der Waals surface area (Å²) in [5.41, 5.74) is 2.42. The van der Waals surface area contributed by atoms with E-state index in [1.807, 2.05) is 36.4 Å². The van der Waals surface area contributed by atoms with E-state index in [9.17, 15) is 0 Å². The van der Waals surface area contributed by atoms with E-state index in [1.165, 1.54) is 11.1 Å². The number of terminal acetylenes is 1. The average Bonchev–Trinajstić information content (AvgIpc) is 2.56. The van der Waals surface area contributed by atoms with Crippen LogP contribution in [0.4, 0.5) is 0 Å². The molecule has 0 aliphatic rings. The van der Waals surface area contributed by atoms with Crippen LogP contribution < -0.4 is 9.47 Å². The Morgan fingerprint density at radius 2 is 1.41 bits per heavy atom. The Balaban J connectivity index is 1.89. The van der Waals surface area contributed by atoms with Gasteiger partial charge in [0.15, 0.2) is 0 Å². The van der Waals surface area contributed by atoms with Crippen LogP contribution in [0.25, 0.3) is 0 Å². The molecule has 0 aliphatic heterocycles. The average molecular weight is 296 g/mol. The Bertz CT molecular complexity index is 594. The molecule has 114 valence electrons. The minimum Gasteiger partial charge on any atom is -0.494 e. The molecule has 3 heteroatoms. The quantitative estimate of drug-likeness (QED) is 0.601. The highest BCUT2D eigenvalue weighted by Gasteiger charge is 1.99. The molecular formula is C19H20O3. The van der Waals surface area contributed by atoms with Crippen molar-refractivity contribution in [3.63, 3.8) is 0 Å². The van der Waals surface area contributed by atoms with Gasteiger partial charge in [0.2, 0.25) is 0 Å². The lowest BCUT2D eigenvalue weighted by Gasteiger charge is -2.07. The van der Waals surface area contributed by atoms with Crippen molar-refractivity contribution in [1.29, 1.82) is 0 Å². The summed E-state index contributed by atoms with van der Waals surface area (Å²) in [6, 6.07) is 16.0. The summed E-state index contributed by atoms with van der Waals surface area (Å²) in [4.78, 5) is 0. The van der Waals surface area contributed by atoms with E-state index in [2.05, 4.69) is 18.1 Å². The summed E-state index contributed by atoms with van der Waals surface area (Å²) in [6.07, 6.45) is 6.66. The fourth-order valence-electron chi connectivity index (χ4n) is 2.02. The Morgan fingerprint density at radius 3 is 1.91 bits per heavy atom. The predicted octanol–water partition coefficient (Wildman–Crippen LogP) is 3.05. The zero-order valence-electron chi connectivity index (χ0n) is 12.5.